The molecule has 0 aliphatic carbocycles. The number of hydrogen-bond acceptors (Lipinski definition) is 5. The van der Waals surface area contributed by atoms with Gasteiger partial charge in [0.25, 0.3) is 0 Å². The van der Waals surface area contributed by atoms with Crippen molar-refractivity contribution in [2.75, 3.05) is 38.3 Å². The minimum Gasteiger partial charge on any atom is -0.378 e. The maximum absolute atomic E-state index is 12.2. The van der Waals surface area contributed by atoms with Crippen LogP contribution in [0, 0.1) is 0 Å². The average molecular weight is 346 g/mol. The summed E-state index contributed by atoms with van der Waals surface area (Å²) in [5.41, 5.74) is 2.19. The van der Waals surface area contributed by atoms with E-state index < -0.39 is 0 Å². The maximum atomic E-state index is 12.2. The molecule has 1 aliphatic heterocycles. The molecule has 1 aliphatic rings. The van der Waals surface area contributed by atoms with Crippen molar-refractivity contribution in [1.82, 2.24) is 15.2 Å². The first-order valence-electron chi connectivity index (χ1n) is 8.00. The van der Waals surface area contributed by atoms with Gasteiger partial charge in [-0.3, -0.25) is 0 Å². The minimum absolute atomic E-state index is 0.0778. The quantitative estimate of drug-likeness (QED) is 0.903. The molecule has 128 valence electrons. The van der Waals surface area contributed by atoms with Crippen molar-refractivity contribution in [2.24, 2.45) is 0 Å². The van der Waals surface area contributed by atoms with E-state index in [4.69, 9.17) is 4.74 Å². The number of urea groups is 1. The molecule has 3 rings (SSSR count). The van der Waals surface area contributed by atoms with Crippen molar-refractivity contribution < 1.29 is 9.53 Å². The average Bonchev–Trinajstić information content (AvgIpc) is 3.13. The molecule has 0 aromatic carbocycles. The van der Waals surface area contributed by atoms with E-state index in [2.05, 4.69) is 20.6 Å². The van der Waals surface area contributed by atoms with E-state index in [-0.39, 0.29) is 6.03 Å². The number of rotatable bonds is 5. The van der Waals surface area contributed by atoms with Crippen LogP contribution in [-0.2, 0) is 17.8 Å². The van der Waals surface area contributed by atoms with Gasteiger partial charge in [0.1, 0.15) is 5.82 Å². The standard InChI is InChI=1S/C17H22N4O2S/c1-20(12-15-3-9-24-13-15)17(22)19-11-14-2-4-18-16(10-14)21-5-7-23-8-6-21/h2-4,9-10,13H,5-8,11-12H2,1H3,(H,19,22). The number of anilines is 1. The Bertz CT molecular complexity index is 656. The Morgan fingerprint density at radius 3 is 2.96 bits per heavy atom. The number of nitrogens with one attached hydrogen (secondary N) is 1. The minimum atomic E-state index is -0.0778. The number of hydrogen-bond donors (Lipinski definition) is 1. The second kappa shape index (κ2) is 8.12. The summed E-state index contributed by atoms with van der Waals surface area (Å²) in [7, 11) is 1.80. The van der Waals surface area contributed by atoms with Crippen molar-refractivity contribution in [2.45, 2.75) is 13.1 Å². The Morgan fingerprint density at radius 2 is 2.21 bits per heavy atom. The molecule has 0 spiro atoms. The third-order valence-corrected chi connectivity index (χ3v) is 4.67. The highest BCUT2D eigenvalue weighted by atomic mass is 32.1. The van der Waals surface area contributed by atoms with Crippen LogP contribution in [0.2, 0.25) is 0 Å². The lowest BCUT2D eigenvalue weighted by Gasteiger charge is -2.28. The summed E-state index contributed by atoms with van der Waals surface area (Å²) in [6.45, 7) is 4.28. The lowest BCUT2D eigenvalue weighted by atomic mass is 10.2. The van der Waals surface area contributed by atoms with Crippen LogP contribution in [-0.4, -0.2) is 49.3 Å². The molecule has 1 N–H and O–H groups in total. The number of aromatic nitrogens is 1. The summed E-state index contributed by atoms with van der Waals surface area (Å²) in [6, 6.07) is 5.92. The first kappa shape index (κ1) is 16.7. The topological polar surface area (TPSA) is 57.7 Å². The molecule has 1 fully saturated rings. The number of amides is 2. The lowest BCUT2D eigenvalue weighted by Crippen LogP contribution is -2.37. The van der Waals surface area contributed by atoms with Crippen molar-refractivity contribution in [3.8, 4) is 0 Å². The number of ether oxygens (including phenoxy) is 1. The zero-order valence-electron chi connectivity index (χ0n) is 13.8. The van der Waals surface area contributed by atoms with Crippen molar-refractivity contribution >= 4 is 23.2 Å². The third-order valence-electron chi connectivity index (χ3n) is 3.94. The van der Waals surface area contributed by atoms with Crippen LogP contribution in [0.1, 0.15) is 11.1 Å². The summed E-state index contributed by atoms with van der Waals surface area (Å²) in [5.74, 6) is 0.941. The molecule has 6 nitrogen and oxygen atoms in total. The van der Waals surface area contributed by atoms with E-state index in [1.807, 2.05) is 23.6 Å². The van der Waals surface area contributed by atoms with Gasteiger partial charge in [0.15, 0.2) is 0 Å². The molecule has 0 radical (unpaired) electrons. The molecular formula is C17H22N4O2S. The highest BCUT2D eigenvalue weighted by Gasteiger charge is 2.13. The SMILES string of the molecule is CN(Cc1ccsc1)C(=O)NCc1ccnc(N2CCOCC2)c1. The third kappa shape index (κ3) is 4.46. The van der Waals surface area contributed by atoms with Gasteiger partial charge in [0.05, 0.1) is 13.2 Å². The lowest BCUT2D eigenvalue weighted by molar-refractivity contribution is 0.122. The summed E-state index contributed by atoms with van der Waals surface area (Å²) >= 11 is 1.64. The van der Waals surface area contributed by atoms with Gasteiger partial charge < -0.3 is 19.9 Å². The molecule has 0 atom stereocenters. The van der Waals surface area contributed by atoms with Crippen molar-refractivity contribution in [1.29, 1.82) is 0 Å². The van der Waals surface area contributed by atoms with Gasteiger partial charge in [-0.1, -0.05) is 0 Å². The number of morpholine rings is 1. The highest BCUT2D eigenvalue weighted by Crippen LogP contribution is 2.14. The van der Waals surface area contributed by atoms with E-state index in [1.165, 1.54) is 0 Å². The Hall–Kier alpha value is -2.12. The number of thiophene rings is 1. The molecule has 0 saturated carbocycles. The van der Waals surface area contributed by atoms with Crippen LogP contribution in [0.3, 0.4) is 0 Å². The second-order valence-electron chi connectivity index (χ2n) is 5.77. The van der Waals surface area contributed by atoms with Crippen molar-refractivity contribution in [3.63, 3.8) is 0 Å². The van der Waals surface area contributed by atoms with Crippen LogP contribution in [0.15, 0.2) is 35.2 Å². The van der Waals surface area contributed by atoms with Gasteiger partial charge in [0, 0.05) is 39.4 Å². The van der Waals surface area contributed by atoms with Crippen LogP contribution in [0.4, 0.5) is 10.6 Å². The Kier molecular flexibility index (Phi) is 5.66. The van der Waals surface area contributed by atoms with Crippen molar-refractivity contribution in [3.05, 3.63) is 46.3 Å². The Labute approximate surface area is 146 Å². The summed E-state index contributed by atoms with van der Waals surface area (Å²) in [5, 5.41) is 7.04. The molecule has 3 heterocycles. The van der Waals surface area contributed by atoms with E-state index in [1.54, 1.807) is 29.5 Å². The predicted molar refractivity (Wildman–Crippen MR) is 95.3 cm³/mol. The second-order valence-corrected chi connectivity index (χ2v) is 6.55. The van der Waals surface area contributed by atoms with Crippen LogP contribution in [0.25, 0.3) is 0 Å². The molecule has 1 saturated heterocycles. The highest BCUT2D eigenvalue weighted by molar-refractivity contribution is 7.07. The van der Waals surface area contributed by atoms with Crippen LogP contribution >= 0.6 is 11.3 Å². The Morgan fingerprint density at radius 1 is 1.38 bits per heavy atom. The van der Waals surface area contributed by atoms with Gasteiger partial charge >= 0.3 is 6.03 Å². The van der Waals surface area contributed by atoms with Gasteiger partial charge in [-0.05, 0) is 40.1 Å². The zero-order valence-corrected chi connectivity index (χ0v) is 14.6. The Balaban J connectivity index is 1.53. The smallest absolute Gasteiger partial charge is 0.317 e. The van der Waals surface area contributed by atoms with Gasteiger partial charge in [-0.25, -0.2) is 9.78 Å². The number of nitrogens with zero attached hydrogens (tertiary/aromatic N) is 3. The van der Waals surface area contributed by atoms with E-state index in [0.29, 0.717) is 13.1 Å². The summed E-state index contributed by atoms with van der Waals surface area (Å²) < 4.78 is 5.37. The number of carbonyl (C=O) groups excluding carboxylic acids is 1. The summed E-state index contributed by atoms with van der Waals surface area (Å²) in [6.07, 6.45) is 1.79. The summed E-state index contributed by atoms with van der Waals surface area (Å²) in [4.78, 5) is 20.5. The maximum Gasteiger partial charge on any atom is 0.317 e. The van der Waals surface area contributed by atoms with E-state index >= 15 is 0 Å². The zero-order chi connectivity index (χ0) is 16.8. The molecule has 2 aromatic heterocycles. The molecule has 0 bridgehead atoms. The number of pyridine rings is 1. The van der Waals surface area contributed by atoms with E-state index in [0.717, 1.165) is 43.2 Å². The van der Waals surface area contributed by atoms with E-state index in [9.17, 15) is 4.79 Å². The molecule has 24 heavy (non-hydrogen) atoms. The predicted octanol–water partition coefficient (Wildman–Crippen LogP) is 2.32. The first-order chi connectivity index (χ1) is 11.7. The first-order valence-corrected chi connectivity index (χ1v) is 8.94. The molecule has 2 amide bonds. The monoisotopic (exact) mass is 346 g/mol. The fourth-order valence-corrected chi connectivity index (χ4v) is 3.24. The van der Waals surface area contributed by atoms with Gasteiger partial charge in [0.2, 0.25) is 0 Å². The van der Waals surface area contributed by atoms with Crippen LogP contribution < -0.4 is 10.2 Å². The van der Waals surface area contributed by atoms with Crippen LogP contribution in [0.5, 0.6) is 0 Å². The molecular weight excluding hydrogens is 324 g/mol. The molecule has 7 heteroatoms. The fourth-order valence-electron chi connectivity index (χ4n) is 2.58. The largest absolute Gasteiger partial charge is 0.378 e. The fraction of sp³-hybridized carbons (Fsp3) is 0.412. The molecule has 0 unspecified atom stereocenters. The number of carbonyl (C=O) groups is 1. The van der Waals surface area contributed by atoms with Gasteiger partial charge in [-0.15, -0.1) is 0 Å². The normalized spacial score (nSPS) is 14.5. The molecule has 2 aromatic rings. The van der Waals surface area contributed by atoms with Gasteiger partial charge in [-0.2, -0.15) is 11.3 Å².